The Morgan fingerprint density at radius 2 is 2.25 bits per heavy atom. The summed E-state index contributed by atoms with van der Waals surface area (Å²) in [5.74, 6) is 0.919. The highest BCUT2D eigenvalue weighted by molar-refractivity contribution is 5.76. The molecule has 1 fully saturated rings. The summed E-state index contributed by atoms with van der Waals surface area (Å²) in [6.45, 7) is 5.91. The molecule has 3 rings (SSSR count). The predicted octanol–water partition coefficient (Wildman–Crippen LogP) is 1.11. The zero-order chi connectivity index (χ0) is 20.1. The summed E-state index contributed by atoms with van der Waals surface area (Å²) in [4.78, 5) is 22.8. The first-order chi connectivity index (χ1) is 13.5. The largest absolute Gasteiger partial charge is 0.396 e. The number of hydrogen-bond acceptors (Lipinski definition) is 7. The van der Waals surface area contributed by atoms with Crippen LogP contribution in [0.2, 0.25) is 0 Å². The molecule has 4 N–H and O–H groups in total. The van der Waals surface area contributed by atoms with Crippen molar-refractivity contribution < 1.29 is 14.6 Å². The topological polar surface area (TPSA) is 114 Å². The van der Waals surface area contributed by atoms with Crippen LogP contribution in [0, 0.1) is 6.92 Å². The zero-order valence-corrected chi connectivity index (χ0v) is 16.5. The number of hydrogen-bond donors (Lipinski definition) is 3. The number of aliphatic hydroxyl groups excluding tert-OH is 1. The highest BCUT2D eigenvalue weighted by atomic mass is 16.5. The van der Waals surface area contributed by atoms with Crippen LogP contribution in [0.5, 0.6) is 0 Å². The van der Waals surface area contributed by atoms with Crippen LogP contribution in [0.1, 0.15) is 31.9 Å². The number of carbonyl (C=O) groups is 1. The van der Waals surface area contributed by atoms with Crippen molar-refractivity contribution in [1.29, 1.82) is 0 Å². The lowest BCUT2D eigenvalue weighted by Crippen LogP contribution is -2.43. The van der Waals surface area contributed by atoms with Gasteiger partial charge in [-0.05, 0) is 37.8 Å². The van der Waals surface area contributed by atoms with Crippen LogP contribution in [-0.2, 0) is 9.53 Å². The van der Waals surface area contributed by atoms with Crippen LogP contribution in [-0.4, -0.2) is 59.4 Å². The zero-order valence-electron chi connectivity index (χ0n) is 16.5. The Labute approximate surface area is 165 Å². The van der Waals surface area contributed by atoms with Gasteiger partial charge in [0.15, 0.2) is 0 Å². The van der Waals surface area contributed by atoms with E-state index in [1.54, 1.807) is 0 Å². The maximum Gasteiger partial charge on any atom is 0.222 e. The van der Waals surface area contributed by atoms with Crippen molar-refractivity contribution in [3.63, 3.8) is 0 Å². The van der Waals surface area contributed by atoms with Gasteiger partial charge in [0.25, 0.3) is 0 Å². The Morgan fingerprint density at radius 1 is 1.43 bits per heavy atom. The van der Waals surface area contributed by atoms with E-state index in [1.807, 2.05) is 25.1 Å². The van der Waals surface area contributed by atoms with Gasteiger partial charge in [-0.15, -0.1) is 0 Å². The lowest BCUT2D eigenvalue weighted by molar-refractivity contribution is -0.122. The van der Waals surface area contributed by atoms with Crippen molar-refractivity contribution in [3.8, 4) is 0 Å². The van der Waals surface area contributed by atoms with Crippen LogP contribution < -0.4 is 16.0 Å². The first-order valence-corrected chi connectivity index (χ1v) is 9.71. The molecule has 1 aromatic rings. The molecular formula is C20H29N5O3. The third-order valence-corrected chi connectivity index (χ3v) is 5.10. The van der Waals surface area contributed by atoms with E-state index in [0.717, 1.165) is 24.5 Å². The Bertz CT molecular complexity index is 757. The number of aryl methyl sites for hydroxylation is 1. The van der Waals surface area contributed by atoms with Gasteiger partial charge in [0.1, 0.15) is 5.82 Å². The lowest BCUT2D eigenvalue weighted by atomic mass is 9.89. The molecule has 1 amide bonds. The number of anilines is 2. The highest BCUT2D eigenvalue weighted by Gasteiger charge is 2.30. The first kappa shape index (κ1) is 20.3. The van der Waals surface area contributed by atoms with Gasteiger partial charge in [0, 0.05) is 31.3 Å². The number of allylic oxidation sites excluding steroid dienone is 2. The van der Waals surface area contributed by atoms with Gasteiger partial charge in [0.2, 0.25) is 11.9 Å². The minimum atomic E-state index is -0.150. The number of aromatic nitrogens is 2. The molecule has 8 heteroatoms. The minimum Gasteiger partial charge on any atom is -0.396 e. The SMILES string of the molecule is CC1=C(C2COCCCN2c2cc(C)nc(N)n2)CC(NC(=O)CCO)C=C1. The normalized spacial score (nSPS) is 22.9. The van der Waals surface area contributed by atoms with E-state index in [2.05, 4.69) is 27.1 Å². The van der Waals surface area contributed by atoms with Crippen LogP contribution in [0.15, 0.2) is 29.4 Å². The highest BCUT2D eigenvalue weighted by Crippen LogP contribution is 2.30. The van der Waals surface area contributed by atoms with Crippen LogP contribution in [0.3, 0.4) is 0 Å². The van der Waals surface area contributed by atoms with Crippen LogP contribution in [0.4, 0.5) is 11.8 Å². The molecule has 0 spiro atoms. The van der Waals surface area contributed by atoms with Gasteiger partial charge in [-0.2, -0.15) is 4.98 Å². The average Bonchev–Trinajstić information content (AvgIpc) is 2.88. The van der Waals surface area contributed by atoms with E-state index in [0.29, 0.717) is 19.6 Å². The number of aliphatic hydroxyl groups is 1. The number of nitrogens with zero attached hydrogens (tertiary/aromatic N) is 3. The van der Waals surface area contributed by atoms with Crippen molar-refractivity contribution in [1.82, 2.24) is 15.3 Å². The number of amides is 1. The number of nitrogen functional groups attached to an aromatic ring is 1. The molecule has 0 bridgehead atoms. The van der Waals surface area contributed by atoms with Gasteiger partial charge in [0.05, 0.1) is 25.3 Å². The fourth-order valence-corrected chi connectivity index (χ4v) is 3.77. The second kappa shape index (κ2) is 9.16. The molecule has 2 heterocycles. The van der Waals surface area contributed by atoms with Gasteiger partial charge < -0.3 is 25.8 Å². The Kier molecular flexibility index (Phi) is 6.64. The van der Waals surface area contributed by atoms with Gasteiger partial charge in [-0.25, -0.2) is 4.98 Å². The second-order valence-corrected chi connectivity index (χ2v) is 7.28. The first-order valence-electron chi connectivity index (χ1n) is 9.71. The molecule has 1 aromatic heterocycles. The van der Waals surface area contributed by atoms with E-state index in [-0.39, 0.29) is 37.0 Å². The monoisotopic (exact) mass is 387 g/mol. The van der Waals surface area contributed by atoms with E-state index in [9.17, 15) is 4.79 Å². The number of ether oxygens (including phenoxy) is 1. The van der Waals surface area contributed by atoms with Crippen molar-refractivity contribution in [2.45, 2.75) is 45.2 Å². The fourth-order valence-electron chi connectivity index (χ4n) is 3.77. The maximum atomic E-state index is 11.9. The molecule has 28 heavy (non-hydrogen) atoms. The van der Waals surface area contributed by atoms with Crippen molar-refractivity contribution in [3.05, 3.63) is 35.1 Å². The number of rotatable bonds is 5. The fraction of sp³-hybridized carbons (Fsp3) is 0.550. The third-order valence-electron chi connectivity index (χ3n) is 5.10. The van der Waals surface area contributed by atoms with E-state index in [4.69, 9.17) is 15.6 Å². The summed E-state index contributed by atoms with van der Waals surface area (Å²) < 4.78 is 5.88. The van der Waals surface area contributed by atoms with Crippen LogP contribution in [0.25, 0.3) is 0 Å². The van der Waals surface area contributed by atoms with E-state index < -0.39 is 0 Å². The smallest absolute Gasteiger partial charge is 0.222 e. The molecule has 2 aliphatic rings. The lowest BCUT2D eigenvalue weighted by Gasteiger charge is -2.35. The Hall–Kier alpha value is -2.45. The number of carbonyl (C=O) groups excluding carboxylic acids is 1. The number of nitrogens with two attached hydrogens (primary N) is 1. The summed E-state index contributed by atoms with van der Waals surface area (Å²) in [5.41, 5.74) is 9.11. The summed E-state index contributed by atoms with van der Waals surface area (Å²) in [6, 6.07) is 1.86. The summed E-state index contributed by atoms with van der Waals surface area (Å²) in [6.07, 6.45) is 5.76. The Morgan fingerprint density at radius 3 is 3.00 bits per heavy atom. The second-order valence-electron chi connectivity index (χ2n) is 7.28. The maximum absolute atomic E-state index is 11.9. The molecule has 1 saturated heterocycles. The van der Waals surface area contributed by atoms with Crippen molar-refractivity contribution >= 4 is 17.7 Å². The third kappa shape index (κ3) is 4.88. The summed E-state index contributed by atoms with van der Waals surface area (Å²) in [5, 5.41) is 11.9. The molecule has 0 radical (unpaired) electrons. The molecule has 0 saturated carbocycles. The van der Waals surface area contributed by atoms with Gasteiger partial charge >= 0.3 is 0 Å². The van der Waals surface area contributed by atoms with Crippen LogP contribution >= 0.6 is 0 Å². The Balaban J connectivity index is 1.86. The molecule has 0 aromatic carbocycles. The minimum absolute atomic E-state index is 0.0124. The predicted molar refractivity (Wildman–Crippen MR) is 108 cm³/mol. The molecule has 152 valence electrons. The summed E-state index contributed by atoms with van der Waals surface area (Å²) in [7, 11) is 0. The number of nitrogens with one attached hydrogen (secondary N) is 1. The molecule has 2 unspecified atom stereocenters. The quantitative estimate of drug-likeness (QED) is 0.693. The van der Waals surface area contributed by atoms with E-state index in [1.165, 1.54) is 11.1 Å². The average molecular weight is 387 g/mol. The summed E-state index contributed by atoms with van der Waals surface area (Å²) >= 11 is 0. The molecule has 8 nitrogen and oxygen atoms in total. The molecule has 1 aliphatic heterocycles. The van der Waals surface area contributed by atoms with Crippen molar-refractivity contribution in [2.24, 2.45) is 0 Å². The van der Waals surface area contributed by atoms with E-state index >= 15 is 0 Å². The van der Waals surface area contributed by atoms with Crippen molar-refractivity contribution in [2.75, 3.05) is 37.0 Å². The molecular weight excluding hydrogens is 358 g/mol. The molecule has 1 aliphatic carbocycles. The standard InChI is InChI=1S/C20H29N5O3/c1-13-4-5-15(23-19(27)6-8-26)11-16(13)17-12-28-9-3-7-25(17)18-10-14(2)22-20(21)24-18/h4-5,10,15,17,26H,3,6-9,11-12H2,1-2H3,(H,23,27)(H2,21,22,24). The van der Waals surface area contributed by atoms with Gasteiger partial charge in [-0.1, -0.05) is 12.2 Å². The molecule has 2 atom stereocenters. The van der Waals surface area contributed by atoms with Gasteiger partial charge in [-0.3, -0.25) is 4.79 Å².